The van der Waals surface area contributed by atoms with Gasteiger partial charge in [0, 0.05) is 36.1 Å². The molecule has 1 aromatic heterocycles. The fourth-order valence-electron chi connectivity index (χ4n) is 3.07. The average Bonchev–Trinajstić information content (AvgIpc) is 3.07. The monoisotopic (exact) mass is 346 g/mol. The number of nitrogens with zero attached hydrogens (tertiary/aromatic N) is 2. The van der Waals surface area contributed by atoms with Crippen LogP contribution >= 0.6 is 11.3 Å². The molecule has 6 heteroatoms. The maximum atomic E-state index is 12.9. The van der Waals surface area contributed by atoms with Gasteiger partial charge in [-0.1, -0.05) is 0 Å². The summed E-state index contributed by atoms with van der Waals surface area (Å²) in [6.45, 7) is 3.49. The standard InChI is InChI=1S/C18H22N2O3S/c1-12-11-24-17(19-12)13-5-4-8-20(10-13)18(21)15-7-6-14(22-2)9-16(15)23-3/h6-7,9,11,13H,4-5,8,10H2,1-3H3/t13-/m1/s1. The lowest BCUT2D eigenvalue weighted by Crippen LogP contribution is -2.39. The van der Waals surface area contributed by atoms with Gasteiger partial charge in [0.2, 0.25) is 0 Å². The topological polar surface area (TPSA) is 51.7 Å². The van der Waals surface area contributed by atoms with Crippen LogP contribution in [0.4, 0.5) is 0 Å². The summed E-state index contributed by atoms with van der Waals surface area (Å²) in [7, 11) is 3.17. The normalized spacial score (nSPS) is 17.6. The minimum atomic E-state index is 0.00693. The van der Waals surface area contributed by atoms with E-state index in [1.54, 1.807) is 43.8 Å². The predicted octanol–water partition coefficient (Wildman–Crippen LogP) is 3.49. The molecule has 0 saturated carbocycles. The van der Waals surface area contributed by atoms with Crippen LogP contribution < -0.4 is 9.47 Å². The second kappa shape index (κ2) is 7.21. The molecule has 1 atom stereocenters. The van der Waals surface area contributed by atoms with Gasteiger partial charge in [0.1, 0.15) is 11.5 Å². The minimum Gasteiger partial charge on any atom is -0.497 e. The number of hydrogen-bond donors (Lipinski definition) is 0. The van der Waals surface area contributed by atoms with E-state index < -0.39 is 0 Å². The summed E-state index contributed by atoms with van der Waals surface area (Å²) in [5, 5.41) is 3.20. The Kier molecular flexibility index (Phi) is 5.04. The molecular weight excluding hydrogens is 324 g/mol. The molecule has 3 rings (SSSR count). The molecule has 128 valence electrons. The van der Waals surface area contributed by atoms with Gasteiger partial charge in [-0.25, -0.2) is 4.98 Å². The highest BCUT2D eigenvalue weighted by Crippen LogP contribution is 2.32. The van der Waals surface area contributed by atoms with Crippen molar-refractivity contribution in [2.75, 3.05) is 27.3 Å². The Morgan fingerprint density at radius 3 is 2.83 bits per heavy atom. The number of rotatable bonds is 4. The van der Waals surface area contributed by atoms with Crippen LogP contribution in [0.15, 0.2) is 23.6 Å². The lowest BCUT2D eigenvalue weighted by Gasteiger charge is -2.32. The quantitative estimate of drug-likeness (QED) is 0.850. The maximum Gasteiger partial charge on any atom is 0.257 e. The molecule has 1 aliphatic heterocycles. The molecular formula is C18H22N2O3S. The summed E-state index contributed by atoms with van der Waals surface area (Å²) in [6, 6.07) is 5.32. The van der Waals surface area contributed by atoms with Gasteiger partial charge in [-0.05, 0) is 31.9 Å². The zero-order chi connectivity index (χ0) is 17.1. The lowest BCUT2D eigenvalue weighted by molar-refractivity contribution is 0.0703. The van der Waals surface area contributed by atoms with Crippen molar-refractivity contribution in [3.63, 3.8) is 0 Å². The third-order valence-corrected chi connectivity index (χ3v) is 5.46. The molecule has 1 saturated heterocycles. The van der Waals surface area contributed by atoms with Crippen LogP contribution in [0.1, 0.15) is 39.8 Å². The van der Waals surface area contributed by atoms with Crippen molar-refractivity contribution in [1.82, 2.24) is 9.88 Å². The van der Waals surface area contributed by atoms with E-state index in [0.717, 1.165) is 30.1 Å². The van der Waals surface area contributed by atoms with Gasteiger partial charge in [-0.3, -0.25) is 4.79 Å². The minimum absolute atomic E-state index is 0.00693. The summed E-state index contributed by atoms with van der Waals surface area (Å²) < 4.78 is 10.6. The van der Waals surface area contributed by atoms with E-state index in [1.165, 1.54) is 0 Å². The molecule has 2 aromatic rings. The Balaban J connectivity index is 1.79. The number of piperidine rings is 1. The Bertz CT molecular complexity index is 729. The fraction of sp³-hybridized carbons (Fsp3) is 0.444. The molecule has 1 aromatic carbocycles. The molecule has 1 amide bonds. The Labute approximate surface area is 146 Å². The molecule has 0 bridgehead atoms. The molecule has 0 spiro atoms. The van der Waals surface area contributed by atoms with Crippen LogP contribution in [0, 0.1) is 6.92 Å². The van der Waals surface area contributed by atoms with Gasteiger partial charge in [-0.15, -0.1) is 11.3 Å². The number of benzene rings is 1. The third-order valence-electron chi connectivity index (χ3n) is 4.33. The van der Waals surface area contributed by atoms with Gasteiger partial charge < -0.3 is 14.4 Å². The molecule has 0 unspecified atom stereocenters. The zero-order valence-electron chi connectivity index (χ0n) is 14.2. The molecule has 1 fully saturated rings. The van der Waals surface area contributed by atoms with Crippen molar-refractivity contribution in [3.8, 4) is 11.5 Å². The summed E-state index contributed by atoms with van der Waals surface area (Å²) >= 11 is 1.69. The molecule has 0 radical (unpaired) electrons. The third kappa shape index (κ3) is 3.38. The van der Waals surface area contributed by atoms with E-state index >= 15 is 0 Å². The second-order valence-corrected chi connectivity index (χ2v) is 6.87. The van der Waals surface area contributed by atoms with E-state index in [1.807, 2.05) is 11.8 Å². The molecule has 24 heavy (non-hydrogen) atoms. The van der Waals surface area contributed by atoms with Crippen LogP contribution in [-0.2, 0) is 0 Å². The number of hydrogen-bond acceptors (Lipinski definition) is 5. The van der Waals surface area contributed by atoms with E-state index in [-0.39, 0.29) is 5.91 Å². The van der Waals surface area contributed by atoms with Gasteiger partial charge in [0.05, 0.1) is 24.8 Å². The fourth-order valence-corrected chi connectivity index (χ4v) is 3.99. The Hall–Kier alpha value is -2.08. The number of methoxy groups -OCH3 is 2. The number of thiazole rings is 1. The van der Waals surface area contributed by atoms with E-state index in [9.17, 15) is 4.79 Å². The van der Waals surface area contributed by atoms with Crippen LogP contribution in [0.2, 0.25) is 0 Å². The number of ether oxygens (including phenoxy) is 2. The number of amides is 1. The highest BCUT2D eigenvalue weighted by atomic mass is 32.1. The Morgan fingerprint density at radius 1 is 1.33 bits per heavy atom. The van der Waals surface area contributed by atoms with Gasteiger partial charge in [0.25, 0.3) is 5.91 Å². The number of aromatic nitrogens is 1. The van der Waals surface area contributed by atoms with Crippen LogP contribution in [-0.4, -0.2) is 43.1 Å². The Morgan fingerprint density at radius 2 is 2.17 bits per heavy atom. The molecule has 0 N–H and O–H groups in total. The van der Waals surface area contributed by atoms with Gasteiger partial charge in [0.15, 0.2) is 0 Å². The SMILES string of the molecule is COc1ccc(C(=O)N2CCC[C@@H](c3nc(C)cs3)C2)c(OC)c1. The van der Waals surface area contributed by atoms with Crippen LogP contribution in [0.25, 0.3) is 0 Å². The maximum absolute atomic E-state index is 12.9. The smallest absolute Gasteiger partial charge is 0.257 e. The first-order chi connectivity index (χ1) is 11.6. The van der Waals surface area contributed by atoms with Crippen molar-refractivity contribution >= 4 is 17.2 Å². The predicted molar refractivity (Wildman–Crippen MR) is 94.3 cm³/mol. The van der Waals surface area contributed by atoms with Crippen molar-refractivity contribution in [2.45, 2.75) is 25.7 Å². The highest BCUT2D eigenvalue weighted by molar-refractivity contribution is 7.09. The lowest BCUT2D eigenvalue weighted by atomic mass is 9.98. The van der Waals surface area contributed by atoms with Crippen molar-refractivity contribution in [2.24, 2.45) is 0 Å². The van der Waals surface area contributed by atoms with E-state index in [2.05, 4.69) is 10.4 Å². The highest BCUT2D eigenvalue weighted by Gasteiger charge is 2.28. The zero-order valence-corrected chi connectivity index (χ0v) is 15.1. The first-order valence-corrected chi connectivity index (χ1v) is 8.93. The van der Waals surface area contributed by atoms with Crippen molar-refractivity contribution in [3.05, 3.63) is 39.8 Å². The van der Waals surface area contributed by atoms with Crippen LogP contribution in [0.5, 0.6) is 11.5 Å². The number of carbonyl (C=O) groups is 1. The van der Waals surface area contributed by atoms with E-state index in [4.69, 9.17) is 9.47 Å². The molecule has 1 aliphatic rings. The summed E-state index contributed by atoms with van der Waals surface area (Å²) in [5.74, 6) is 1.56. The summed E-state index contributed by atoms with van der Waals surface area (Å²) in [5.41, 5.74) is 1.63. The van der Waals surface area contributed by atoms with Gasteiger partial charge >= 0.3 is 0 Å². The number of aryl methyl sites for hydroxylation is 1. The van der Waals surface area contributed by atoms with Crippen molar-refractivity contribution in [1.29, 1.82) is 0 Å². The largest absolute Gasteiger partial charge is 0.497 e. The second-order valence-electron chi connectivity index (χ2n) is 5.98. The van der Waals surface area contributed by atoms with E-state index in [0.29, 0.717) is 29.5 Å². The van der Waals surface area contributed by atoms with Crippen molar-refractivity contribution < 1.29 is 14.3 Å². The van der Waals surface area contributed by atoms with Crippen LogP contribution in [0.3, 0.4) is 0 Å². The number of carbonyl (C=O) groups excluding carboxylic acids is 1. The first-order valence-electron chi connectivity index (χ1n) is 8.05. The molecule has 5 nitrogen and oxygen atoms in total. The van der Waals surface area contributed by atoms with Gasteiger partial charge in [-0.2, -0.15) is 0 Å². The average molecular weight is 346 g/mol. The molecule has 0 aliphatic carbocycles. The first kappa shape index (κ1) is 16.8. The summed E-state index contributed by atoms with van der Waals surface area (Å²) in [4.78, 5) is 19.5. The number of likely N-dealkylation sites (tertiary alicyclic amines) is 1. The summed E-state index contributed by atoms with van der Waals surface area (Å²) in [6.07, 6.45) is 2.07. The molecule has 2 heterocycles.